The van der Waals surface area contributed by atoms with Gasteiger partial charge in [0, 0.05) is 27.9 Å². The van der Waals surface area contributed by atoms with E-state index in [-0.39, 0.29) is 17.4 Å². The molecule has 33 heavy (non-hydrogen) atoms. The maximum Gasteiger partial charge on any atom is 0.339 e. The van der Waals surface area contributed by atoms with Gasteiger partial charge in [-0.05, 0) is 73.0 Å². The molecule has 1 unspecified atom stereocenters. The average molecular weight is 462 g/mol. The Morgan fingerprint density at radius 1 is 0.970 bits per heavy atom. The van der Waals surface area contributed by atoms with E-state index < -0.39 is 5.97 Å². The second kappa shape index (κ2) is 12.0. The molecule has 1 atom stereocenters. The van der Waals surface area contributed by atoms with Gasteiger partial charge in [0.05, 0.1) is 0 Å². The van der Waals surface area contributed by atoms with Gasteiger partial charge in [-0.25, -0.2) is 4.79 Å². The summed E-state index contributed by atoms with van der Waals surface area (Å²) in [7, 11) is 0. The minimum absolute atomic E-state index is 0.101. The number of unbranched alkanes of at least 4 members (excludes halogenated alkanes) is 2. The molecule has 0 aliphatic heterocycles. The van der Waals surface area contributed by atoms with Crippen molar-refractivity contribution in [2.45, 2.75) is 45.1 Å². The van der Waals surface area contributed by atoms with Gasteiger partial charge in [-0.3, -0.25) is 0 Å². The van der Waals surface area contributed by atoms with Crippen LogP contribution in [0.1, 0.15) is 59.7 Å². The average Bonchev–Trinajstić information content (AvgIpc) is 2.81. The smallest absolute Gasteiger partial charge is 0.339 e. The molecule has 5 heteroatoms. The second-order valence-electron chi connectivity index (χ2n) is 8.03. The summed E-state index contributed by atoms with van der Waals surface area (Å²) in [6, 6.07) is 20.4. The maximum absolute atomic E-state index is 11.3. The largest absolute Gasteiger partial charge is 0.507 e. The third-order valence-corrected chi connectivity index (χ3v) is 5.64. The molecule has 0 aliphatic carbocycles. The van der Waals surface area contributed by atoms with Gasteiger partial charge in [0.25, 0.3) is 0 Å². The van der Waals surface area contributed by atoms with Crippen molar-refractivity contribution in [1.82, 2.24) is 0 Å². The predicted molar refractivity (Wildman–Crippen MR) is 134 cm³/mol. The fraction of sp³-hybridized carbons (Fsp3) is 0.250. The van der Waals surface area contributed by atoms with Crippen LogP contribution in [0.4, 0.5) is 5.69 Å². The first kappa shape index (κ1) is 24.2. The van der Waals surface area contributed by atoms with Crippen molar-refractivity contribution in [2.75, 3.05) is 5.32 Å². The molecule has 3 aromatic rings. The Labute approximate surface area is 200 Å². The number of hydrogen-bond donors (Lipinski definition) is 3. The number of aromatic hydroxyl groups is 1. The Bertz CT molecular complexity index is 1130. The number of carboxylic acids is 1. The molecule has 0 amide bonds. The van der Waals surface area contributed by atoms with Crippen LogP contribution in [0.2, 0.25) is 5.02 Å². The lowest BCUT2D eigenvalue weighted by molar-refractivity contribution is 0.0694. The first-order chi connectivity index (χ1) is 15.9. The van der Waals surface area contributed by atoms with E-state index in [0.717, 1.165) is 43.2 Å². The van der Waals surface area contributed by atoms with Gasteiger partial charge < -0.3 is 15.5 Å². The number of carbonyl (C=O) groups is 1. The summed E-state index contributed by atoms with van der Waals surface area (Å²) in [5.74, 6) is 4.95. The van der Waals surface area contributed by atoms with Crippen LogP contribution in [-0.4, -0.2) is 22.2 Å². The Balaban J connectivity index is 1.70. The van der Waals surface area contributed by atoms with Gasteiger partial charge in [-0.1, -0.05) is 61.8 Å². The second-order valence-corrected chi connectivity index (χ2v) is 8.47. The van der Waals surface area contributed by atoms with Crippen LogP contribution in [0.5, 0.6) is 5.75 Å². The maximum atomic E-state index is 11.3. The van der Waals surface area contributed by atoms with Crippen molar-refractivity contribution in [3.05, 3.63) is 94.0 Å². The molecule has 170 valence electrons. The van der Waals surface area contributed by atoms with Gasteiger partial charge in [0.1, 0.15) is 11.3 Å². The predicted octanol–water partition coefficient (Wildman–Crippen LogP) is 6.75. The highest BCUT2D eigenvalue weighted by Gasteiger charge is 2.14. The minimum Gasteiger partial charge on any atom is -0.507 e. The standard InChI is InChI=1S/C28H28ClNO3/c1-2-3-4-5-24(30-25-16-17-27(31)26(19-25)28(32)33)18-22-10-8-20(9-11-22)6-7-21-12-14-23(29)15-13-21/h8-17,19,24,30-31H,2-5,18H2,1H3,(H,32,33). The van der Waals surface area contributed by atoms with E-state index in [0.29, 0.717) is 10.7 Å². The molecule has 0 bridgehead atoms. The molecule has 0 saturated carbocycles. The van der Waals surface area contributed by atoms with E-state index >= 15 is 0 Å². The summed E-state index contributed by atoms with van der Waals surface area (Å²) >= 11 is 5.92. The molecular weight excluding hydrogens is 434 g/mol. The van der Waals surface area contributed by atoms with Gasteiger partial charge in [0.2, 0.25) is 0 Å². The van der Waals surface area contributed by atoms with Crippen molar-refractivity contribution in [1.29, 1.82) is 0 Å². The topological polar surface area (TPSA) is 69.6 Å². The molecule has 0 radical (unpaired) electrons. The number of benzene rings is 3. The number of halogens is 1. The van der Waals surface area contributed by atoms with Crippen molar-refractivity contribution in [3.8, 4) is 17.6 Å². The van der Waals surface area contributed by atoms with E-state index in [4.69, 9.17) is 11.6 Å². The number of anilines is 1. The summed E-state index contributed by atoms with van der Waals surface area (Å²) < 4.78 is 0. The molecular formula is C28H28ClNO3. The summed E-state index contributed by atoms with van der Waals surface area (Å²) in [5, 5.41) is 23.2. The van der Waals surface area contributed by atoms with Gasteiger partial charge in [0.15, 0.2) is 0 Å². The molecule has 0 saturated heterocycles. The van der Waals surface area contributed by atoms with Crippen LogP contribution >= 0.6 is 11.6 Å². The van der Waals surface area contributed by atoms with Crippen molar-refractivity contribution < 1.29 is 15.0 Å². The lowest BCUT2D eigenvalue weighted by atomic mass is 9.99. The first-order valence-corrected chi connectivity index (χ1v) is 11.5. The van der Waals surface area contributed by atoms with Crippen LogP contribution < -0.4 is 5.32 Å². The van der Waals surface area contributed by atoms with Crippen molar-refractivity contribution in [2.24, 2.45) is 0 Å². The fourth-order valence-corrected chi connectivity index (χ4v) is 3.71. The van der Waals surface area contributed by atoms with Crippen LogP contribution in [0.15, 0.2) is 66.7 Å². The molecule has 0 aliphatic rings. The highest BCUT2D eigenvalue weighted by atomic mass is 35.5. The number of phenols is 1. The highest BCUT2D eigenvalue weighted by molar-refractivity contribution is 6.30. The molecule has 0 aromatic heterocycles. The van der Waals surface area contributed by atoms with E-state index in [1.807, 2.05) is 36.4 Å². The number of aromatic carboxylic acids is 1. The molecule has 0 spiro atoms. The monoisotopic (exact) mass is 461 g/mol. The van der Waals surface area contributed by atoms with E-state index in [1.165, 1.54) is 17.7 Å². The summed E-state index contributed by atoms with van der Waals surface area (Å²) in [5.41, 5.74) is 3.62. The number of nitrogens with one attached hydrogen (secondary N) is 1. The first-order valence-electron chi connectivity index (χ1n) is 11.1. The Morgan fingerprint density at radius 2 is 1.61 bits per heavy atom. The zero-order valence-electron chi connectivity index (χ0n) is 18.6. The summed E-state index contributed by atoms with van der Waals surface area (Å²) in [4.78, 5) is 11.3. The minimum atomic E-state index is -1.14. The molecule has 3 N–H and O–H groups in total. The third-order valence-electron chi connectivity index (χ3n) is 5.39. The summed E-state index contributed by atoms with van der Waals surface area (Å²) in [6.45, 7) is 2.17. The van der Waals surface area contributed by atoms with Crippen molar-refractivity contribution >= 4 is 23.3 Å². The van der Waals surface area contributed by atoms with Crippen LogP contribution in [0.3, 0.4) is 0 Å². The third kappa shape index (κ3) is 7.59. The van der Waals surface area contributed by atoms with Crippen LogP contribution in [-0.2, 0) is 6.42 Å². The van der Waals surface area contributed by atoms with Crippen molar-refractivity contribution in [3.63, 3.8) is 0 Å². The van der Waals surface area contributed by atoms with Crippen LogP contribution in [0.25, 0.3) is 0 Å². The van der Waals surface area contributed by atoms with E-state index in [9.17, 15) is 15.0 Å². The molecule has 3 rings (SSSR count). The van der Waals surface area contributed by atoms with E-state index in [1.54, 1.807) is 6.07 Å². The number of carboxylic acid groups (broad SMARTS) is 1. The molecule has 4 nitrogen and oxygen atoms in total. The SMILES string of the molecule is CCCCCC(Cc1ccc(C#Cc2ccc(Cl)cc2)cc1)Nc1ccc(O)c(C(=O)O)c1. The zero-order valence-corrected chi connectivity index (χ0v) is 19.4. The van der Waals surface area contributed by atoms with Crippen LogP contribution in [0, 0.1) is 11.8 Å². The fourth-order valence-electron chi connectivity index (χ4n) is 3.59. The summed E-state index contributed by atoms with van der Waals surface area (Å²) in [6.07, 6.45) is 5.14. The number of hydrogen-bond acceptors (Lipinski definition) is 3. The molecule has 0 fully saturated rings. The lowest BCUT2D eigenvalue weighted by Crippen LogP contribution is -2.22. The Hall–Kier alpha value is -3.42. The van der Waals surface area contributed by atoms with Gasteiger partial charge in [-0.15, -0.1) is 0 Å². The molecule has 3 aromatic carbocycles. The number of rotatable bonds is 9. The lowest BCUT2D eigenvalue weighted by Gasteiger charge is -2.21. The van der Waals surface area contributed by atoms with Gasteiger partial charge in [-0.2, -0.15) is 0 Å². The quantitative estimate of drug-likeness (QED) is 0.187. The Morgan fingerprint density at radius 3 is 2.21 bits per heavy atom. The van der Waals surface area contributed by atoms with Gasteiger partial charge >= 0.3 is 5.97 Å². The normalized spacial score (nSPS) is 11.3. The highest BCUT2D eigenvalue weighted by Crippen LogP contribution is 2.23. The molecule has 0 heterocycles. The zero-order chi connectivity index (χ0) is 23.6. The van der Waals surface area contributed by atoms with E-state index in [2.05, 4.69) is 36.2 Å². The Kier molecular flexibility index (Phi) is 8.80.